The van der Waals surface area contributed by atoms with Gasteiger partial charge in [0.1, 0.15) is 4.34 Å². The molecule has 0 atom stereocenters. The van der Waals surface area contributed by atoms with E-state index in [9.17, 15) is 4.79 Å². The number of anilines is 1. The molecule has 0 fully saturated rings. The maximum absolute atomic E-state index is 12.6. The average molecular weight is 383 g/mol. The monoisotopic (exact) mass is 382 g/mol. The highest BCUT2D eigenvalue weighted by Gasteiger charge is 2.11. The van der Waals surface area contributed by atoms with Crippen molar-refractivity contribution in [3.8, 4) is 0 Å². The van der Waals surface area contributed by atoms with Gasteiger partial charge in [-0.3, -0.25) is 4.79 Å². The second kappa shape index (κ2) is 8.52. The van der Waals surface area contributed by atoms with Crippen LogP contribution < -0.4 is 5.32 Å². The van der Waals surface area contributed by atoms with Gasteiger partial charge in [-0.2, -0.15) is 0 Å². The predicted molar refractivity (Wildman–Crippen MR) is 111 cm³/mol. The largest absolute Gasteiger partial charge is 0.321 e. The lowest BCUT2D eigenvalue weighted by Gasteiger charge is -2.13. The van der Waals surface area contributed by atoms with Crippen molar-refractivity contribution in [2.45, 2.75) is 37.3 Å². The van der Waals surface area contributed by atoms with Crippen LogP contribution in [-0.4, -0.2) is 10.9 Å². The van der Waals surface area contributed by atoms with E-state index >= 15 is 0 Å². The molecule has 1 N–H and O–H groups in total. The molecule has 134 valence electrons. The van der Waals surface area contributed by atoms with E-state index in [1.54, 1.807) is 23.1 Å². The summed E-state index contributed by atoms with van der Waals surface area (Å²) in [6.07, 6.45) is 0.893. The third kappa shape index (κ3) is 4.54. The number of amides is 1. The number of hydrogen-bond acceptors (Lipinski definition) is 4. The summed E-state index contributed by atoms with van der Waals surface area (Å²) in [6.45, 7) is 6.13. The molecular formula is C21H22N2OS2. The Balaban J connectivity index is 1.65. The zero-order valence-electron chi connectivity index (χ0n) is 15.2. The maximum Gasteiger partial charge on any atom is 0.255 e. The number of rotatable bonds is 6. The number of hydrogen-bond donors (Lipinski definition) is 1. The molecule has 5 heteroatoms. The first-order valence-electron chi connectivity index (χ1n) is 8.60. The predicted octanol–water partition coefficient (Wildman–Crippen LogP) is 5.87. The lowest BCUT2D eigenvalue weighted by molar-refractivity contribution is 0.102. The first-order chi connectivity index (χ1) is 12.6. The third-order valence-electron chi connectivity index (χ3n) is 4.15. The highest BCUT2D eigenvalue weighted by Crippen LogP contribution is 2.26. The van der Waals surface area contributed by atoms with Gasteiger partial charge in [0.05, 0.1) is 0 Å². The van der Waals surface area contributed by atoms with Gasteiger partial charge >= 0.3 is 0 Å². The summed E-state index contributed by atoms with van der Waals surface area (Å²) >= 11 is 3.40. The van der Waals surface area contributed by atoms with Crippen LogP contribution in [0.25, 0.3) is 0 Å². The van der Waals surface area contributed by atoms with Crippen molar-refractivity contribution in [1.82, 2.24) is 4.98 Å². The van der Waals surface area contributed by atoms with Crippen LogP contribution in [0.3, 0.4) is 0 Å². The Kier molecular flexibility index (Phi) is 6.12. The Morgan fingerprint density at radius 2 is 1.92 bits per heavy atom. The molecular weight excluding hydrogens is 360 g/mol. The Bertz CT molecular complexity index is 901. The number of para-hydroxylation sites is 1. The molecule has 2 aromatic carbocycles. The van der Waals surface area contributed by atoms with Crippen molar-refractivity contribution in [2.24, 2.45) is 0 Å². The lowest BCUT2D eigenvalue weighted by atomic mass is 10.1. The van der Waals surface area contributed by atoms with Gasteiger partial charge in [-0.25, -0.2) is 4.98 Å². The van der Waals surface area contributed by atoms with E-state index in [-0.39, 0.29) is 5.91 Å². The van der Waals surface area contributed by atoms with Crippen LogP contribution in [0.1, 0.15) is 39.7 Å². The number of aromatic nitrogens is 1. The highest BCUT2D eigenvalue weighted by atomic mass is 32.2. The summed E-state index contributed by atoms with van der Waals surface area (Å²) in [6, 6.07) is 13.9. The second-order valence-electron chi connectivity index (χ2n) is 6.16. The summed E-state index contributed by atoms with van der Waals surface area (Å²) in [5.74, 6) is 0.788. The van der Waals surface area contributed by atoms with Gasteiger partial charge in [0, 0.05) is 28.1 Å². The van der Waals surface area contributed by atoms with Gasteiger partial charge in [-0.05, 0) is 49.1 Å². The number of thioether (sulfide) groups is 1. The van der Waals surface area contributed by atoms with Crippen molar-refractivity contribution in [2.75, 3.05) is 5.32 Å². The Labute approximate surface area is 162 Å². The number of aryl methyl sites for hydroxylation is 3. The third-order valence-corrected chi connectivity index (χ3v) is 6.36. The van der Waals surface area contributed by atoms with Crippen molar-refractivity contribution in [3.05, 3.63) is 75.8 Å². The van der Waals surface area contributed by atoms with E-state index in [2.05, 4.69) is 28.7 Å². The fraction of sp³-hybridized carbons (Fsp3) is 0.238. The van der Waals surface area contributed by atoms with Gasteiger partial charge < -0.3 is 5.32 Å². The fourth-order valence-corrected chi connectivity index (χ4v) is 4.49. The first-order valence-corrected chi connectivity index (χ1v) is 10.5. The Hall–Kier alpha value is -2.11. The fourth-order valence-electron chi connectivity index (χ4n) is 2.68. The van der Waals surface area contributed by atoms with Gasteiger partial charge in [0.2, 0.25) is 0 Å². The standard InChI is InChI=1S/C21H22N2OS2/c1-4-17-7-5-6-14(2)19(17)23-20(24)18-10-8-16(9-11-18)13-26-21-22-15(3)12-25-21/h5-12H,4,13H2,1-3H3,(H,23,24). The minimum Gasteiger partial charge on any atom is -0.321 e. The summed E-state index contributed by atoms with van der Waals surface area (Å²) in [5.41, 5.74) is 6.10. The summed E-state index contributed by atoms with van der Waals surface area (Å²) in [4.78, 5) is 17.1. The molecule has 0 spiro atoms. The number of nitrogens with zero attached hydrogens (tertiary/aromatic N) is 1. The first kappa shape index (κ1) is 18.7. The molecule has 1 amide bonds. The molecule has 0 aliphatic carbocycles. The van der Waals surface area contributed by atoms with E-state index in [4.69, 9.17) is 0 Å². The number of benzene rings is 2. The SMILES string of the molecule is CCc1cccc(C)c1NC(=O)c1ccc(CSc2nc(C)cs2)cc1. The summed E-state index contributed by atoms with van der Waals surface area (Å²) < 4.78 is 1.08. The highest BCUT2D eigenvalue weighted by molar-refractivity contribution is 8.00. The van der Waals surface area contributed by atoms with Crippen LogP contribution >= 0.6 is 23.1 Å². The van der Waals surface area contributed by atoms with Crippen LogP contribution in [0, 0.1) is 13.8 Å². The topological polar surface area (TPSA) is 42.0 Å². The van der Waals surface area contributed by atoms with Gasteiger partial charge in [0.15, 0.2) is 0 Å². The molecule has 3 rings (SSSR count). The maximum atomic E-state index is 12.6. The molecule has 0 unspecified atom stereocenters. The van der Waals surface area contributed by atoms with E-state index in [0.717, 1.165) is 39.0 Å². The zero-order valence-corrected chi connectivity index (χ0v) is 16.8. The molecule has 1 heterocycles. The zero-order chi connectivity index (χ0) is 18.5. The summed E-state index contributed by atoms with van der Waals surface area (Å²) in [5, 5.41) is 5.14. The Morgan fingerprint density at radius 3 is 2.58 bits per heavy atom. The molecule has 0 aliphatic heterocycles. The quantitative estimate of drug-likeness (QED) is 0.542. The molecule has 1 aromatic heterocycles. The van der Waals surface area contributed by atoms with E-state index < -0.39 is 0 Å². The van der Waals surface area contributed by atoms with Gasteiger partial charge in [-0.1, -0.05) is 49.0 Å². The van der Waals surface area contributed by atoms with Crippen LogP contribution in [-0.2, 0) is 12.2 Å². The number of carbonyl (C=O) groups is 1. The smallest absolute Gasteiger partial charge is 0.255 e. The van der Waals surface area contributed by atoms with Gasteiger partial charge in [-0.15, -0.1) is 11.3 Å². The number of carbonyl (C=O) groups excluding carboxylic acids is 1. The van der Waals surface area contributed by atoms with Crippen molar-refractivity contribution in [3.63, 3.8) is 0 Å². The van der Waals surface area contributed by atoms with Crippen LogP contribution in [0.5, 0.6) is 0 Å². The molecule has 0 saturated heterocycles. The normalized spacial score (nSPS) is 10.7. The molecule has 26 heavy (non-hydrogen) atoms. The van der Waals surface area contributed by atoms with E-state index in [1.807, 2.05) is 50.2 Å². The van der Waals surface area contributed by atoms with Crippen LogP contribution in [0.15, 0.2) is 52.2 Å². The molecule has 0 aliphatic rings. The minimum absolute atomic E-state index is 0.0660. The van der Waals surface area contributed by atoms with Crippen LogP contribution in [0.4, 0.5) is 5.69 Å². The number of thiazole rings is 1. The second-order valence-corrected chi connectivity index (χ2v) is 8.24. The van der Waals surface area contributed by atoms with E-state index in [1.165, 1.54) is 5.56 Å². The van der Waals surface area contributed by atoms with Crippen molar-refractivity contribution < 1.29 is 4.79 Å². The van der Waals surface area contributed by atoms with Crippen molar-refractivity contribution >= 4 is 34.7 Å². The lowest BCUT2D eigenvalue weighted by Crippen LogP contribution is -2.14. The van der Waals surface area contributed by atoms with E-state index in [0.29, 0.717) is 5.56 Å². The Morgan fingerprint density at radius 1 is 1.15 bits per heavy atom. The summed E-state index contributed by atoms with van der Waals surface area (Å²) in [7, 11) is 0. The molecule has 3 aromatic rings. The molecule has 0 radical (unpaired) electrons. The van der Waals surface area contributed by atoms with Crippen molar-refractivity contribution in [1.29, 1.82) is 0 Å². The number of nitrogens with one attached hydrogen (secondary N) is 1. The molecule has 3 nitrogen and oxygen atoms in total. The average Bonchev–Trinajstić information content (AvgIpc) is 3.07. The molecule has 0 saturated carbocycles. The molecule has 0 bridgehead atoms. The van der Waals surface area contributed by atoms with Crippen LogP contribution in [0.2, 0.25) is 0 Å². The minimum atomic E-state index is -0.0660. The van der Waals surface area contributed by atoms with Gasteiger partial charge in [0.25, 0.3) is 5.91 Å².